The average molecular weight is 326 g/mol. The highest BCUT2D eigenvalue weighted by molar-refractivity contribution is 4.82. The van der Waals surface area contributed by atoms with Crippen LogP contribution in [-0.4, -0.2) is 37.7 Å². The molecule has 2 heteroatoms. The third-order valence-corrected chi connectivity index (χ3v) is 6.23. The Labute approximate surface area is 146 Å². The summed E-state index contributed by atoms with van der Waals surface area (Å²) in [7, 11) is 2.27. The number of rotatable bonds is 7. The van der Waals surface area contributed by atoms with Crippen molar-refractivity contribution in [3.05, 3.63) is 0 Å². The molecule has 1 saturated carbocycles. The third-order valence-electron chi connectivity index (χ3n) is 6.23. The largest absolute Gasteiger partial charge is 0.381 e. The van der Waals surface area contributed by atoms with Gasteiger partial charge in [-0.05, 0) is 63.3 Å². The summed E-state index contributed by atoms with van der Waals surface area (Å²) in [5, 5.41) is 0. The lowest BCUT2D eigenvalue weighted by Gasteiger charge is -2.17. The van der Waals surface area contributed by atoms with Gasteiger partial charge in [0.15, 0.2) is 0 Å². The Morgan fingerprint density at radius 3 is 2.13 bits per heavy atom. The molecule has 1 heterocycles. The van der Waals surface area contributed by atoms with Crippen molar-refractivity contribution < 1.29 is 4.74 Å². The monoisotopic (exact) mass is 325 g/mol. The lowest BCUT2D eigenvalue weighted by molar-refractivity contribution is 0.0977. The first-order valence-corrected chi connectivity index (χ1v) is 10.3. The maximum Gasteiger partial charge on any atom is 0.0496 e. The molecular weight excluding hydrogens is 282 g/mol. The molecule has 2 rings (SSSR count). The van der Waals surface area contributed by atoms with Crippen LogP contribution in [-0.2, 0) is 4.74 Å². The average Bonchev–Trinajstić information content (AvgIpc) is 3.09. The topological polar surface area (TPSA) is 12.5 Å². The fraction of sp³-hybridized carbons (Fsp3) is 1.00. The van der Waals surface area contributed by atoms with Gasteiger partial charge in [0, 0.05) is 25.8 Å². The van der Waals surface area contributed by atoms with Crippen molar-refractivity contribution in [1.29, 1.82) is 0 Å². The summed E-state index contributed by atoms with van der Waals surface area (Å²) in [6, 6.07) is 0.893. The van der Waals surface area contributed by atoms with Gasteiger partial charge in [-0.25, -0.2) is 0 Å². The predicted molar refractivity (Wildman–Crippen MR) is 102 cm³/mol. The van der Waals surface area contributed by atoms with Crippen molar-refractivity contribution >= 4 is 0 Å². The van der Waals surface area contributed by atoms with Crippen LogP contribution in [0.2, 0.25) is 0 Å². The molecular formula is C21H43NO. The Bertz CT molecular complexity index is 294. The summed E-state index contributed by atoms with van der Waals surface area (Å²) in [5.41, 5.74) is 0. The number of ether oxygens (including phenoxy) is 1. The normalized spacial score (nSPS) is 34.4. The van der Waals surface area contributed by atoms with E-state index in [4.69, 9.17) is 4.74 Å². The number of hydrogen-bond acceptors (Lipinski definition) is 2. The van der Waals surface area contributed by atoms with Crippen molar-refractivity contribution in [2.24, 2.45) is 23.7 Å². The Hall–Kier alpha value is -0.0800. The van der Waals surface area contributed by atoms with E-state index in [1.807, 2.05) is 0 Å². The first kappa shape index (κ1) is 21.0. The van der Waals surface area contributed by atoms with Gasteiger partial charge in [-0.1, -0.05) is 47.0 Å². The first-order chi connectivity index (χ1) is 11.0. The van der Waals surface area contributed by atoms with E-state index in [1.165, 1.54) is 51.5 Å². The minimum Gasteiger partial charge on any atom is -0.381 e. The molecule has 0 radical (unpaired) electrons. The van der Waals surface area contributed by atoms with E-state index in [-0.39, 0.29) is 0 Å². The number of hydrogen-bond donors (Lipinski definition) is 0. The van der Waals surface area contributed by atoms with E-state index in [0.29, 0.717) is 0 Å². The van der Waals surface area contributed by atoms with E-state index in [2.05, 4.69) is 46.6 Å². The number of likely N-dealkylation sites (tertiary alicyclic amines) is 1. The van der Waals surface area contributed by atoms with Gasteiger partial charge in [0.05, 0.1) is 0 Å². The van der Waals surface area contributed by atoms with Gasteiger partial charge in [-0.2, -0.15) is 0 Å². The minimum absolute atomic E-state index is 0.842. The SMILES string of the molecule is CCCC1CC(CC)CN1C.CCOCC1CC(CC)CC1C. The zero-order chi connectivity index (χ0) is 17.2. The van der Waals surface area contributed by atoms with Crippen molar-refractivity contribution in [3.8, 4) is 0 Å². The zero-order valence-electron chi connectivity index (χ0n) is 16.8. The highest BCUT2D eigenvalue weighted by atomic mass is 16.5. The second-order valence-electron chi connectivity index (χ2n) is 8.03. The van der Waals surface area contributed by atoms with Crippen LogP contribution in [0.25, 0.3) is 0 Å². The summed E-state index contributed by atoms with van der Waals surface area (Å²) in [4.78, 5) is 2.54. The van der Waals surface area contributed by atoms with E-state index in [0.717, 1.165) is 42.9 Å². The van der Waals surface area contributed by atoms with E-state index in [1.54, 1.807) is 0 Å². The highest BCUT2D eigenvalue weighted by Crippen LogP contribution is 2.37. The van der Waals surface area contributed by atoms with Gasteiger partial charge in [0.1, 0.15) is 0 Å². The summed E-state index contributed by atoms with van der Waals surface area (Å²) >= 11 is 0. The molecule has 5 atom stereocenters. The Morgan fingerprint density at radius 1 is 0.957 bits per heavy atom. The fourth-order valence-electron chi connectivity index (χ4n) is 4.47. The molecule has 23 heavy (non-hydrogen) atoms. The molecule has 2 nitrogen and oxygen atoms in total. The Kier molecular flexibility index (Phi) is 10.5. The lowest BCUT2D eigenvalue weighted by atomic mass is 9.99. The molecule has 0 amide bonds. The third kappa shape index (κ3) is 7.13. The summed E-state index contributed by atoms with van der Waals surface area (Å²) in [6.07, 6.45) is 9.72. The molecule has 0 bridgehead atoms. The van der Waals surface area contributed by atoms with Gasteiger partial charge in [-0.3, -0.25) is 0 Å². The lowest BCUT2D eigenvalue weighted by Crippen LogP contribution is -2.24. The van der Waals surface area contributed by atoms with Gasteiger partial charge in [0.2, 0.25) is 0 Å². The standard InChI is InChI=1S/C11H22O.C10H21N/c1-4-10-6-9(3)11(7-10)8-12-5-2;1-4-6-10-7-9(5-2)8-11(10)3/h9-11H,4-8H2,1-3H3;9-10H,4-8H2,1-3H3. The minimum atomic E-state index is 0.842. The van der Waals surface area contributed by atoms with E-state index < -0.39 is 0 Å². The quantitative estimate of drug-likeness (QED) is 0.603. The van der Waals surface area contributed by atoms with Gasteiger partial charge >= 0.3 is 0 Å². The first-order valence-electron chi connectivity index (χ1n) is 10.3. The smallest absolute Gasteiger partial charge is 0.0496 e. The summed E-state index contributed by atoms with van der Waals surface area (Å²) in [6.45, 7) is 14.6. The Morgan fingerprint density at radius 2 is 1.65 bits per heavy atom. The maximum absolute atomic E-state index is 5.48. The summed E-state index contributed by atoms with van der Waals surface area (Å²) in [5.74, 6) is 3.69. The molecule has 0 aromatic heterocycles. The molecule has 0 aromatic carbocycles. The molecule has 2 fully saturated rings. The van der Waals surface area contributed by atoms with Gasteiger partial charge in [0.25, 0.3) is 0 Å². The van der Waals surface area contributed by atoms with Crippen LogP contribution in [0, 0.1) is 23.7 Å². The predicted octanol–water partition coefficient (Wildman–Crippen LogP) is 5.61. The van der Waals surface area contributed by atoms with Crippen molar-refractivity contribution in [1.82, 2.24) is 4.90 Å². The van der Waals surface area contributed by atoms with Crippen molar-refractivity contribution in [2.75, 3.05) is 26.8 Å². The van der Waals surface area contributed by atoms with E-state index >= 15 is 0 Å². The van der Waals surface area contributed by atoms with Crippen molar-refractivity contribution in [3.63, 3.8) is 0 Å². The van der Waals surface area contributed by atoms with Gasteiger partial charge in [-0.15, -0.1) is 0 Å². The second-order valence-corrected chi connectivity index (χ2v) is 8.03. The molecule has 0 aromatic rings. The van der Waals surface area contributed by atoms with Crippen LogP contribution in [0.15, 0.2) is 0 Å². The molecule has 1 saturated heterocycles. The van der Waals surface area contributed by atoms with Crippen LogP contribution in [0.3, 0.4) is 0 Å². The van der Waals surface area contributed by atoms with Crippen LogP contribution in [0.5, 0.6) is 0 Å². The molecule has 0 N–H and O–H groups in total. The maximum atomic E-state index is 5.48. The molecule has 2 aliphatic rings. The van der Waals surface area contributed by atoms with Crippen LogP contribution in [0.4, 0.5) is 0 Å². The van der Waals surface area contributed by atoms with Gasteiger partial charge < -0.3 is 9.64 Å². The van der Waals surface area contributed by atoms with Crippen molar-refractivity contribution in [2.45, 2.75) is 85.6 Å². The van der Waals surface area contributed by atoms with E-state index in [9.17, 15) is 0 Å². The zero-order valence-corrected chi connectivity index (χ0v) is 16.8. The molecule has 5 unspecified atom stereocenters. The second kappa shape index (κ2) is 11.5. The Balaban J connectivity index is 0.000000231. The molecule has 1 aliphatic carbocycles. The molecule has 0 spiro atoms. The van der Waals surface area contributed by atoms with Crippen LogP contribution >= 0.6 is 0 Å². The molecule has 1 aliphatic heterocycles. The fourth-order valence-corrected chi connectivity index (χ4v) is 4.47. The highest BCUT2D eigenvalue weighted by Gasteiger charge is 2.30. The summed E-state index contributed by atoms with van der Waals surface area (Å²) < 4.78 is 5.48. The van der Waals surface area contributed by atoms with Crippen LogP contribution in [0.1, 0.15) is 79.6 Å². The van der Waals surface area contributed by atoms with Crippen LogP contribution < -0.4 is 0 Å². The molecule has 138 valence electrons. The number of nitrogens with zero attached hydrogens (tertiary/aromatic N) is 1.